The molecule has 138 valence electrons. The summed E-state index contributed by atoms with van der Waals surface area (Å²) in [5.74, 6) is 1.00. The van der Waals surface area contributed by atoms with Crippen LogP contribution in [-0.4, -0.2) is 55.1 Å². The monoisotopic (exact) mass is 352 g/mol. The summed E-state index contributed by atoms with van der Waals surface area (Å²) >= 11 is 0. The van der Waals surface area contributed by atoms with Crippen molar-refractivity contribution in [2.75, 3.05) is 49.1 Å². The second kappa shape index (κ2) is 8.21. The van der Waals surface area contributed by atoms with Gasteiger partial charge in [-0.05, 0) is 50.6 Å². The third-order valence-electron chi connectivity index (χ3n) is 5.02. The van der Waals surface area contributed by atoms with Crippen molar-refractivity contribution in [2.24, 2.45) is 0 Å². The van der Waals surface area contributed by atoms with E-state index in [1.54, 1.807) is 6.20 Å². The van der Waals surface area contributed by atoms with Crippen LogP contribution in [-0.2, 0) is 0 Å². The number of anilines is 2. The molecule has 1 fully saturated rings. The summed E-state index contributed by atoms with van der Waals surface area (Å²) in [6.07, 6.45) is 1.71. The molecule has 1 amide bonds. The maximum Gasteiger partial charge on any atom is 0.255 e. The van der Waals surface area contributed by atoms with Gasteiger partial charge in [-0.25, -0.2) is 4.98 Å². The Kier molecular flexibility index (Phi) is 5.76. The lowest BCUT2D eigenvalue weighted by atomic mass is 10.2. The molecule has 0 spiro atoms. The molecule has 0 radical (unpaired) electrons. The number of hydrogen-bond acceptors (Lipinski definition) is 4. The lowest BCUT2D eigenvalue weighted by Gasteiger charge is -2.37. The van der Waals surface area contributed by atoms with Crippen molar-refractivity contribution in [1.82, 2.24) is 9.88 Å². The SMILES string of the molecule is CCN(CC)C(=O)c1ccc(N2CCN(c3cccc(C)c3)CC2)nc1. The van der Waals surface area contributed by atoms with Gasteiger partial charge in [0.05, 0.1) is 5.56 Å². The number of carbonyl (C=O) groups is 1. The van der Waals surface area contributed by atoms with Gasteiger partial charge in [0.1, 0.15) is 5.82 Å². The Morgan fingerprint density at radius 2 is 1.73 bits per heavy atom. The molecule has 2 aromatic rings. The van der Waals surface area contributed by atoms with Gasteiger partial charge in [-0.3, -0.25) is 4.79 Å². The number of amides is 1. The molecule has 5 nitrogen and oxygen atoms in total. The van der Waals surface area contributed by atoms with E-state index < -0.39 is 0 Å². The van der Waals surface area contributed by atoms with Gasteiger partial charge >= 0.3 is 0 Å². The first-order valence-corrected chi connectivity index (χ1v) is 9.44. The number of aryl methyl sites for hydroxylation is 1. The molecule has 0 aliphatic carbocycles. The van der Waals surface area contributed by atoms with Crippen LogP contribution >= 0.6 is 0 Å². The topological polar surface area (TPSA) is 39.7 Å². The predicted molar refractivity (Wildman–Crippen MR) is 107 cm³/mol. The average molecular weight is 352 g/mol. The van der Waals surface area contributed by atoms with Gasteiger partial charge in [0.25, 0.3) is 5.91 Å². The molecule has 1 aliphatic heterocycles. The lowest BCUT2D eigenvalue weighted by Crippen LogP contribution is -2.46. The van der Waals surface area contributed by atoms with E-state index in [0.717, 1.165) is 45.1 Å². The minimum Gasteiger partial charge on any atom is -0.368 e. The minimum absolute atomic E-state index is 0.0540. The van der Waals surface area contributed by atoms with Crippen molar-refractivity contribution in [2.45, 2.75) is 20.8 Å². The Labute approximate surface area is 156 Å². The molecule has 1 aliphatic rings. The zero-order valence-corrected chi connectivity index (χ0v) is 16.0. The van der Waals surface area contributed by atoms with Crippen LogP contribution in [0, 0.1) is 6.92 Å². The highest BCUT2D eigenvalue weighted by atomic mass is 16.2. The van der Waals surface area contributed by atoms with Crippen LogP contribution in [0.3, 0.4) is 0 Å². The lowest BCUT2D eigenvalue weighted by molar-refractivity contribution is 0.0772. The van der Waals surface area contributed by atoms with Crippen molar-refractivity contribution < 1.29 is 4.79 Å². The number of nitrogens with zero attached hydrogens (tertiary/aromatic N) is 4. The number of aromatic nitrogens is 1. The summed E-state index contributed by atoms with van der Waals surface area (Å²) in [5, 5.41) is 0. The largest absolute Gasteiger partial charge is 0.368 e. The Bertz CT molecular complexity index is 732. The molecule has 1 saturated heterocycles. The molecule has 5 heteroatoms. The van der Waals surface area contributed by atoms with E-state index in [0.29, 0.717) is 5.56 Å². The molecule has 1 aromatic carbocycles. The van der Waals surface area contributed by atoms with Gasteiger partial charge < -0.3 is 14.7 Å². The zero-order valence-electron chi connectivity index (χ0n) is 16.0. The fourth-order valence-electron chi connectivity index (χ4n) is 3.41. The number of pyridine rings is 1. The number of hydrogen-bond donors (Lipinski definition) is 0. The smallest absolute Gasteiger partial charge is 0.255 e. The van der Waals surface area contributed by atoms with E-state index in [1.165, 1.54) is 11.3 Å². The first kappa shape index (κ1) is 18.2. The van der Waals surface area contributed by atoms with E-state index in [9.17, 15) is 4.79 Å². The van der Waals surface area contributed by atoms with Crippen LogP contribution < -0.4 is 9.80 Å². The van der Waals surface area contributed by atoms with Crippen LogP contribution in [0.2, 0.25) is 0 Å². The van der Waals surface area contributed by atoms with Gasteiger partial charge in [-0.2, -0.15) is 0 Å². The molecule has 0 saturated carbocycles. The second-order valence-corrected chi connectivity index (χ2v) is 6.70. The minimum atomic E-state index is 0.0540. The predicted octanol–water partition coefficient (Wildman–Crippen LogP) is 3.20. The van der Waals surface area contributed by atoms with E-state index in [4.69, 9.17) is 0 Å². The van der Waals surface area contributed by atoms with Gasteiger partial charge in [0.15, 0.2) is 0 Å². The molecule has 26 heavy (non-hydrogen) atoms. The molecular weight excluding hydrogens is 324 g/mol. The number of carbonyl (C=O) groups excluding carboxylic acids is 1. The third-order valence-corrected chi connectivity index (χ3v) is 5.02. The second-order valence-electron chi connectivity index (χ2n) is 6.70. The zero-order chi connectivity index (χ0) is 18.5. The molecule has 0 unspecified atom stereocenters. The summed E-state index contributed by atoms with van der Waals surface area (Å²) in [6.45, 7) is 11.4. The van der Waals surface area contributed by atoms with Gasteiger partial charge in [0, 0.05) is 51.2 Å². The van der Waals surface area contributed by atoms with Crippen molar-refractivity contribution in [3.8, 4) is 0 Å². The fourth-order valence-corrected chi connectivity index (χ4v) is 3.41. The van der Waals surface area contributed by atoms with E-state index in [-0.39, 0.29) is 5.91 Å². The first-order valence-electron chi connectivity index (χ1n) is 9.44. The summed E-state index contributed by atoms with van der Waals surface area (Å²) in [4.78, 5) is 23.5. The molecule has 0 bridgehead atoms. The van der Waals surface area contributed by atoms with Crippen molar-refractivity contribution in [3.05, 3.63) is 53.7 Å². The van der Waals surface area contributed by atoms with Gasteiger partial charge in [-0.15, -0.1) is 0 Å². The van der Waals surface area contributed by atoms with Crippen LogP contribution in [0.1, 0.15) is 29.8 Å². The number of rotatable bonds is 5. The molecular formula is C21H28N4O. The van der Waals surface area contributed by atoms with Crippen LogP contribution in [0.15, 0.2) is 42.6 Å². The van der Waals surface area contributed by atoms with Gasteiger partial charge in [0.2, 0.25) is 0 Å². The van der Waals surface area contributed by atoms with Gasteiger partial charge in [-0.1, -0.05) is 12.1 Å². The van der Waals surface area contributed by atoms with Crippen molar-refractivity contribution >= 4 is 17.4 Å². The maximum atomic E-state index is 12.4. The average Bonchev–Trinajstić information content (AvgIpc) is 2.69. The van der Waals surface area contributed by atoms with E-state index in [1.807, 2.05) is 30.9 Å². The molecule has 0 N–H and O–H groups in total. The summed E-state index contributed by atoms with van der Waals surface area (Å²) in [5.41, 5.74) is 3.24. The Morgan fingerprint density at radius 3 is 2.31 bits per heavy atom. The Hall–Kier alpha value is -2.56. The van der Waals surface area contributed by atoms with E-state index >= 15 is 0 Å². The number of piperazine rings is 1. The summed E-state index contributed by atoms with van der Waals surface area (Å²) in [7, 11) is 0. The highest BCUT2D eigenvalue weighted by Crippen LogP contribution is 2.20. The van der Waals surface area contributed by atoms with Crippen LogP contribution in [0.4, 0.5) is 11.5 Å². The van der Waals surface area contributed by atoms with Crippen LogP contribution in [0.25, 0.3) is 0 Å². The Morgan fingerprint density at radius 1 is 1.04 bits per heavy atom. The molecule has 0 atom stereocenters. The van der Waals surface area contributed by atoms with Crippen molar-refractivity contribution in [1.29, 1.82) is 0 Å². The third kappa shape index (κ3) is 3.98. The Balaban J connectivity index is 1.62. The summed E-state index contributed by atoms with van der Waals surface area (Å²) in [6, 6.07) is 12.5. The highest BCUT2D eigenvalue weighted by molar-refractivity contribution is 5.94. The van der Waals surface area contributed by atoms with E-state index in [2.05, 4.69) is 46.0 Å². The molecule has 2 heterocycles. The fraction of sp³-hybridized carbons (Fsp3) is 0.429. The van der Waals surface area contributed by atoms with Crippen LogP contribution in [0.5, 0.6) is 0 Å². The molecule has 3 rings (SSSR count). The maximum absolute atomic E-state index is 12.4. The first-order chi connectivity index (χ1) is 12.6. The number of benzene rings is 1. The normalized spacial score (nSPS) is 14.4. The van der Waals surface area contributed by atoms with Crippen molar-refractivity contribution in [3.63, 3.8) is 0 Å². The highest BCUT2D eigenvalue weighted by Gasteiger charge is 2.19. The summed E-state index contributed by atoms with van der Waals surface area (Å²) < 4.78 is 0. The standard InChI is InChI=1S/C21H28N4O/c1-4-23(5-2)21(26)18-9-10-20(22-16-18)25-13-11-24(12-14-25)19-8-6-7-17(3)15-19/h6-10,15-16H,4-5,11-14H2,1-3H3. The quantitative estimate of drug-likeness (QED) is 0.828. The molecule has 1 aromatic heterocycles.